The van der Waals surface area contributed by atoms with Crippen LogP contribution in [-0.4, -0.2) is 40.3 Å². The Labute approximate surface area is 168 Å². The lowest BCUT2D eigenvalue weighted by Gasteiger charge is -2.20. The van der Waals surface area contributed by atoms with Gasteiger partial charge in [-0.1, -0.05) is 13.0 Å². The molecule has 4 amide bonds. The zero-order valence-corrected chi connectivity index (χ0v) is 16.8. The fraction of sp³-hybridized carbons (Fsp3) is 0.400. The first-order valence-corrected chi connectivity index (χ1v) is 10.3. The van der Waals surface area contributed by atoms with Gasteiger partial charge in [-0.15, -0.1) is 0 Å². The van der Waals surface area contributed by atoms with Crippen LogP contribution in [0.1, 0.15) is 42.6 Å². The van der Waals surface area contributed by atoms with E-state index in [2.05, 4.69) is 15.6 Å². The van der Waals surface area contributed by atoms with Gasteiger partial charge in [0, 0.05) is 12.7 Å². The zero-order valence-electron chi connectivity index (χ0n) is 16.0. The number of nitrogens with zero attached hydrogens (tertiary/aromatic N) is 2. The van der Waals surface area contributed by atoms with E-state index in [4.69, 9.17) is 0 Å². The van der Waals surface area contributed by atoms with Gasteiger partial charge in [0.25, 0.3) is 5.91 Å². The first-order chi connectivity index (χ1) is 13.5. The average Bonchev–Trinajstić information content (AvgIpc) is 3.26. The van der Waals surface area contributed by atoms with Gasteiger partial charge in [0.1, 0.15) is 6.04 Å². The molecule has 0 aliphatic carbocycles. The highest BCUT2D eigenvalue weighted by molar-refractivity contribution is 7.07. The number of imide groups is 1. The van der Waals surface area contributed by atoms with Gasteiger partial charge in [0.05, 0.1) is 18.2 Å². The van der Waals surface area contributed by atoms with Crippen LogP contribution in [0.25, 0.3) is 0 Å². The molecule has 2 atom stereocenters. The summed E-state index contributed by atoms with van der Waals surface area (Å²) in [6, 6.07) is 4.29. The first-order valence-electron chi connectivity index (χ1n) is 9.33. The lowest BCUT2D eigenvalue weighted by atomic mass is 10.0. The Hall–Kier alpha value is -2.74. The SMILES string of the molecule is CCCN1C(=O)N[C@@H](CC(=O)N[C@@H](Cc2ccsc2)c2ncccc2C)C1=O. The Kier molecular flexibility index (Phi) is 6.41. The summed E-state index contributed by atoms with van der Waals surface area (Å²) in [4.78, 5) is 42.6. The van der Waals surface area contributed by atoms with Crippen molar-refractivity contribution in [2.75, 3.05) is 6.54 Å². The maximum Gasteiger partial charge on any atom is 0.324 e. The first kappa shape index (κ1) is 20.0. The highest BCUT2D eigenvalue weighted by Crippen LogP contribution is 2.21. The predicted octanol–water partition coefficient (Wildman–Crippen LogP) is 2.57. The molecule has 0 saturated carbocycles. The van der Waals surface area contributed by atoms with Crippen molar-refractivity contribution in [3.8, 4) is 0 Å². The molecule has 148 valence electrons. The third-order valence-electron chi connectivity index (χ3n) is 4.68. The molecule has 1 aliphatic heterocycles. The molecule has 8 heteroatoms. The topological polar surface area (TPSA) is 91.4 Å². The van der Waals surface area contributed by atoms with Crippen LogP contribution >= 0.6 is 11.3 Å². The van der Waals surface area contributed by atoms with Gasteiger partial charge < -0.3 is 10.6 Å². The molecular weight excluding hydrogens is 376 g/mol. The van der Waals surface area contributed by atoms with Crippen molar-refractivity contribution >= 4 is 29.2 Å². The minimum Gasteiger partial charge on any atom is -0.347 e. The number of urea groups is 1. The number of rotatable bonds is 8. The van der Waals surface area contributed by atoms with E-state index in [1.54, 1.807) is 17.5 Å². The normalized spacial score (nSPS) is 17.5. The molecule has 3 heterocycles. The van der Waals surface area contributed by atoms with Gasteiger partial charge in [0.2, 0.25) is 5.91 Å². The predicted molar refractivity (Wildman–Crippen MR) is 107 cm³/mol. The van der Waals surface area contributed by atoms with Gasteiger partial charge >= 0.3 is 6.03 Å². The Balaban J connectivity index is 1.70. The average molecular weight is 401 g/mol. The van der Waals surface area contributed by atoms with Crippen molar-refractivity contribution in [2.45, 2.75) is 45.2 Å². The van der Waals surface area contributed by atoms with Gasteiger partial charge in [0.15, 0.2) is 0 Å². The lowest BCUT2D eigenvalue weighted by Crippen LogP contribution is -2.38. The quantitative estimate of drug-likeness (QED) is 0.666. The zero-order chi connectivity index (χ0) is 20.1. The van der Waals surface area contributed by atoms with E-state index in [0.717, 1.165) is 16.8 Å². The number of nitrogens with one attached hydrogen (secondary N) is 2. The molecule has 2 aromatic rings. The summed E-state index contributed by atoms with van der Waals surface area (Å²) >= 11 is 1.60. The third-order valence-corrected chi connectivity index (χ3v) is 5.41. The van der Waals surface area contributed by atoms with Crippen LogP contribution in [0.3, 0.4) is 0 Å². The van der Waals surface area contributed by atoms with Crippen molar-refractivity contribution in [3.05, 3.63) is 52.0 Å². The van der Waals surface area contributed by atoms with Crippen molar-refractivity contribution < 1.29 is 14.4 Å². The molecule has 1 fully saturated rings. The summed E-state index contributed by atoms with van der Waals surface area (Å²) < 4.78 is 0. The van der Waals surface area contributed by atoms with Crippen molar-refractivity contribution in [3.63, 3.8) is 0 Å². The standard InChI is InChI=1S/C20H24N4O3S/c1-3-8-24-19(26)16(23-20(24)27)11-17(25)22-15(10-14-6-9-28-12-14)18-13(2)5-4-7-21-18/h4-7,9,12,15-16H,3,8,10-11H2,1-2H3,(H,22,25)(H,23,27)/t15-,16-/m0/s1. The minimum absolute atomic E-state index is 0.0865. The fourth-order valence-corrected chi connectivity index (χ4v) is 3.99. The van der Waals surface area contributed by atoms with Crippen LogP contribution in [0, 0.1) is 6.92 Å². The molecule has 0 bridgehead atoms. The van der Waals surface area contributed by atoms with Gasteiger partial charge in [-0.05, 0) is 53.8 Å². The van der Waals surface area contributed by atoms with Gasteiger partial charge in [-0.3, -0.25) is 19.5 Å². The molecular formula is C20H24N4O3S. The van der Waals surface area contributed by atoms with Crippen LogP contribution < -0.4 is 10.6 Å². The number of hydrogen-bond donors (Lipinski definition) is 2. The van der Waals surface area contributed by atoms with E-state index in [9.17, 15) is 14.4 Å². The van der Waals surface area contributed by atoms with Gasteiger partial charge in [-0.2, -0.15) is 11.3 Å². The Bertz CT molecular complexity index is 853. The second-order valence-corrected chi connectivity index (χ2v) is 7.64. The largest absolute Gasteiger partial charge is 0.347 e. The molecule has 1 saturated heterocycles. The second-order valence-electron chi connectivity index (χ2n) is 6.86. The summed E-state index contributed by atoms with van der Waals surface area (Å²) in [7, 11) is 0. The number of thiophene rings is 1. The van der Waals surface area contributed by atoms with Crippen LogP contribution in [0.2, 0.25) is 0 Å². The molecule has 2 aromatic heterocycles. The molecule has 7 nitrogen and oxygen atoms in total. The summed E-state index contributed by atoms with van der Waals surface area (Å²) in [5.74, 6) is -0.632. The monoisotopic (exact) mass is 400 g/mol. The summed E-state index contributed by atoms with van der Waals surface area (Å²) in [6.45, 7) is 4.21. The smallest absolute Gasteiger partial charge is 0.324 e. The van der Waals surface area contributed by atoms with Crippen LogP contribution in [0.4, 0.5) is 4.79 Å². The van der Waals surface area contributed by atoms with Crippen LogP contribution in [0.5, 0.6) is 0 Å². The highest BCUT2D eigenvalue weighted by Gasteiger charge is 2.38. The molecule has 1 aliphatic rings. The van der Waals surface area contributed by atoms with Crippen LogP contribution in [-0.2, 0) is 16.0 Å². The van der Waals surface area contributed by atoms with Crippen LogP contribution in [0.15, 0.2) is 35.2 Å². The lowest BCUT2D eigenvalue weighted by molar-refractivity contribution is -0.131. The molecule has 0 spiro atoms. The molecule has 0 unspecified atom stereocenters. The minimum atomic E-state index is -0.814. The Morgan fingerprint density at radius 2 is 2.21 bits per heavy atom. The second kappa shape index (κ2) is 8.97. The highest BCUT2D eigenvalue weighted by atomic mass is 32.1. The van der Waals surface area contributed by atoms with E-state index in [1.807, 2.05) is 42.8 Å². The molecule has 0 radical (unpaired) electrons. The number of aromatic nitrogens is 1. The molecule has 0 aromatic carbocycles. The fourth-order valence-electron chi connectivity index (χ4n) is 3.31. The van der Waals surface area contributed by atoms with E-state index in [-0.39, 0.29) is 24.3 Å². The molecule has 28 heavy (non-hydrogen) atoms. The summed E-state index contributed by atoms with van der Waals surface area (Å²) in [5, 5.41) is 9.64. The number of hydrogen-bond acceptors (Lipinski definition) is 5. The third kappa shape index (κ3) is 4.56. The van der Waals surface area contributed by atoms with E-state index in [1.165, 1.54) is 4.90 Å². The number of aryl methyl sites for hydroxylation is 1. The summed E-state index contributed by atoms with van der Waals surface area (Å²) in [5.41, 5.74) is 2.90. The van der Waals surface area contributed by atoms with E-state index < -0.39 is 12.1 Å². The summed E-state index contributed by atoms with van der Waals surface area (Å²) in [6.07, 6.45) is 2.91. The number of carbonyl (C=O) groups is 3. The number of carbonyl (C=O) groups excluding carboxylic acids is 3. The van der Waals surface area contributed by atoms with Crippen molar-refractivity contribution in [1.29, 1.82) is 0 Å². The Morgan fingerprint density at radius 1 is 1.39 bits per heavy atom. The maximum absolute atomic E-state index is 12.7. The van der Waals surface area contributed by atoms with Gasteiger partial charge in [-0.25, -0.2) is 4.79 Å². The number of amides is 4. The van der Waals surface area contributed by atoms with E-state index in [0.29, 0.717) is 19.4 Å². The maximum atomic E-state index is 12.7. The molecule has 2 N–H and O–H groups in total. The van der Waals surface area contributed by atoms with E-state index >= 15 is 0 Å². The van der Waals surface area contributed by atoms with Crippen molar-refractivity contribution in [1.82, 2.24) is 20.5 Å². The van der Waals surface area contributed by atoms with Crippen molar-refractivity contribution in [2.24, 2.45) is 0 Å². The number of pyridine rings is 1. The molecule has 3 rings (SSSR count). The Morgan fingerprint density at radius 3 is 2.89 bits per heavy atom.